The van der Waals surface area contributed by atoms with Gasteiger partial charge in [-0.3, -0.25) is 4.79 Å². The van der Waals surface area contributed by atoms with E-state index in [1.807, 2.05) is 83.8 Å². The molecule has 1 atom stereocenters. The molecule has 0 radical (unpaired) electrons. The highest BCUT2D eigenvalue weighted by Gasteiger charge is 2.21. The van der Waals surface area contributed by atoms with Crippen LogP contribution in [0.15, 0.2) is 91.0 Å². The van der Waals surface area contributed by atoms with Crippen molar-refractivity contribution in [3.63, 3.8) is 0 Å². The number of nitrogens with two attached hydrogens (primary N) is 1. The van der Waals surface area contributed by atoms with E-state index in [0.717, 1.165) is 17.5 Å². The Morgan fingerprint density at radius 1 is 0.741 bits per heavy atom. The van der Waals surface area contributed by atoms with Gasteiger partial charge in [0.15, 0.2) is 0 Å². The molecule has 0 aromatic heterocycles. The molecule has 138 valence electrons. The fourth-order valence-electron chi connectivity index (χ4n) is 3.17. The third-order valence-electron chi connectivity index (χ3n) is 4.66. The summed E-state index contributed by atoms with van der Waals surface area (Å²) in [7, 11) is 0. The highest BCUT2D eigenvalue weighted by molar-refractivity contribution is 5.82. The van der Waals surface area contributed by atoms with E-state index < -0.39 is 6.04 Å². The minimum Gasteiger partial charge on any atom is -0.337 e. The van der Waals surface area contributed by atoms with Gasteiger partial charge < -0.3 is 10.6 Å². The monoisotopic (exact) mass is 358 g/mol. The number of amides is 1. The van der Waals surface area contributed by atoms with Crippen molar-refractivity contribution in [2.24, 2.45) is 5.73 Å². The lowest BCUT2D eigenvalue weighted by molar-refractivity contribution is -0.133. The van der Waals surface area contributed by atoms with E-state index in [4.69, 9.17) is 5.73 Å². The molecular weight excluding hydrogens is 332 g/mol. The molecule has 0 saturated heterocycles. The zero-order valence-corrected chi connectivity index (χ0v) is 15.5. The van der Waals surface area contributed by atoms with Gasteiger partial charge in [0.1, 0.15) is 0 Å². The van der Waals surface area contributed by atoms with Crippen LogP contribution in [0.4, 0.5) is 0 Å². The molecule has 3 heteroatoms. The van der Waals surface area contributed by atoms with Gasteiger partial charge in [0.25, 0.3) is 0 Å². The maximum atomic E-state index is 13.1. The van der Waals surface area contributed by atoms with Gasteiger partial charge in [-0.2, -0.15) is 0 Å². The van der Waals surface area contributed by atoms with Crippen LogP contribution in [-0.4, -0.2) is 23.4 Å². The third-order valence-corrected chi connectivity index (χ3v) is 4.66. The van der Waals surface area contributed by atoms with Crippen LogP contribution in [0, 0.1) is 0 Å². The van der Waals surface area contributed by atoms with Crippen LogP contribution < -0.4 is 5.73 Å². The Hall–Kier alpha value is -2.91. The fraction of sp³-hybridized carbons (Fsp3) is 0.208. The summed E-state index contributed by atoms with van der Waals surface area (Å²) in [4.78, 5) is 15.0. The molecule has 3 rings (SSSR count). The van der Waals surface area contributed by atoms with Crippen LogP contribution in [0.5, 0.6) is 0 Å². The van der Waals surface area contributed by atoms with E-state index in [0.29, 0.717) is 19.5 Å². The van der Waals surface area contributed by atoms with Crippen LogP contribution >= 0.6 is 0 Å². The SMILES string of the molecule is NC(Cc1ccccc1)C(=O)N(CCc1ccccc1)Cc1ccccc1. The van der Waals surface area contributed by atoms with Gasteiger partial charge in [-0.25, -0.2) is 0 Å². The predicted molar refractivity (Wildman–Crippen MR) is 110 cm³/mol. The average molecular weight is 358 g/mol. The van der Waals surface area contributed by atoms with Crippen molar-refractivity contribution < 1.29 is 4.79 Å². The van der Waals surface area contributed by atoms with Gasteiger partial charge in [0.2, 0.25) is 5.91 Å². The van der Waals surface area contributed by atoms with Gasteiger partial charge in [0, 0.05) is 13.1 Å². The molecule has 0 aliphatic rings. The number of carbonyl (C=O) groups is 1. The molecule has 3 nitrogen and oxygen atoms in total. The maximum absolute atomic E-state index is 13.1. The minimum atomic E-state index is -0.535. The topological polar surface area (TPSA) is 46.3 Å². The fourth-order valence-corrected chi connectivity index (χ4v) is 3.17. The minimum absolute atomic E-state index is 0.00126. The van der Waals surface area contributed by atoms with Crippen molar-refractivity contribution >= 4 is 5.91 Å². The van der Waals surface area contributed by atoms with E-state index in [2.05, 4.69) is 12.1 Å². The van der Waals surface area contributed by atoms with E-state index >= 15 is 0 Å². The van der Waals surface area contributed by atoms with Crippen molar-refractivity contribution in [1.29, 1.82) is 0 Å². The second-order valence-electron chi connectivity index (χ2n) is 6.78. The molecule has 0 bridgehead atoms. The van der Waals surface area contributed by atoms with Crippen LogP contribution in [0.25, 0.3) is 0 Å². The van der Waals surface area contributed by atoms with Crippen molar-refractivity contribution in [3.05, 3.63) is 108 Å². The first-order valence-electron chi connectivity index (χ1n) is 9.38. The molecule has 1 unspecified atom stereocenters. The number of hydrogen-bond acceptors (Lipinski definition) is 2. The molecule has 0 heterocycles. The Morgan fingerprint density at radius 3 is 1.78 bits per heavy atom. The lowest BCUT2D eigenvalue weighted by atomic mass is 10.0. The van der Waals surface area contributed by atoms with Gasteiger partial charge in [-0.15, -0.1) is 0 Å². The molecule has 0 saturated carbocycles. The first-order chi connectivity index (χ1) is 13.2. The van der Waals surface area contributed by atoms with Gasteiger partial charge in [-0.05, 0) is 29.5 Å². The summed E-state index contributed by atoms with van der Waals surface area (Å²) in [6, 6.07) is 29.7. The third kappa shape index (κ3) is 5.80. The summed E-state index contributed by atoms with van der Waals surface area (Å²) in [5, 5.41) is 0. The average Bonchev–Trinajstić information content (AvgIpc) is 2.73. The van der Waals surface area contributed by atoms with E-state index in [1.54, 1.807) is 0 Å². The smallest absolute Gasteiger partial charge is 0.240 e. The number of hydrogen-bond donors (Lipinski definition) is 1. The van der Waals surface area contributed by atoms with Crippen LogP contribution in [0.3, 0.4) is 0 Å². The number of nitrogens with zero attached hydrogens (tertiary/aromatic N) is 1. The normalized spacial score (nSPS) is 11.7. The lowest BCUT2D eigenvalue weighted by Crippen LogP contribution is -2.45. The second-order valence-corrected chi connectivity index (χ2v) is 6.78. The number of carbonyl (C=O) groups excluding carboxylic acids is 1. The summed E-state index contributed by atoms with van der Waals surface area (Å²) in [6.07, 6.45) is 1.37. The zero-order chi connectivity index (χ0) is 18.9. The zero-order valence-electron chi connectivity index (χ0n) is 15.5. The number of benzene rings is 3. The Kier molecular flexibility index (Phi) is 6.78. The lowest BCUT2D eigenvalue weighted by Gasteiger charge is -2.26. The van der Waals surface area contributed by atoms with Crippen molar-refractivity contribution in [2.45, 2.75) is 25.4 Å². The molecule has 0 aliphatic carbocycles. The highest BCUT2D eigenvalue weighted by atomic mass is 16.2. The molecule has 1 amide bonds. The molecule has 0 fully saturated rings. The van der Waals surface area contributed by atoms with Gasteiger partial charge >= 0.3 is 0 Å². The summed E-state index contributed by atoms with van der Waals surface area (Å²) in [6.45, 7) is 1.23. The Bertz CT molecular complexity index is 819. The molecule has 2 N–H and O–H groups in total. The van der Waals surface area contributed by atoms with Gasteiger partial charge in [0.05, 0.1) is 6.04 Å². The van der Waals surface area contributed by atoms with Crippen LogP contribution in [0.1, 0.15) is 16.7 Å². The second kappa shape index (κ2) is 9.70. The molecule has 3 aromatic rings. The number of rotatable bonds is 8. The van der Waals surface area contributed by atoms with Crippen LogP contribution in [-0.2, 0) is 24.2 Å². The van der Waals surface area contributed by atoms with Crippen molar-refractivity contribution in [3.8, 4) is 0 Å². The largest absolute Gasteiger partial charge is 0.337 e. The predicted octanol–water partition coefficient (Wildman–Crippen LogP) is 3.83. The molecule has 3 aromatic carbocycles. The molecular formula is C24H26N2O. The maximum Gasteiger partial charge on any atom is 0.240 e. The summed E-state index contributed by atoms with van der Waals surface area (Å²) in [5.74, 6) is -0.00126. The quantitative estimate of drug-likeness (QED) is 0.665. The summed E-state index contributed by atoms with van der Waals surface area (Å²) < 4.78 is 0. The molecule has 27 heavy (non-hydrogen) atoms. The summed E-state index contributed by atoms with van der Waals surface area (Å²) in [5.41, 5.74) is 9.70. The Labute approximate surface area is 161 Å². The van der Waals surface area contributed by atoms with Crippen molar-refractivity contribution in [2.75, 3.05) is 6.54 Å². The summed E-state index contributed by atoms with van der Waals surface area (Å²) >= 11 is 0. The van der Waals surface area contributed by atoms with E-state index in [-0.39, 0.29) is 5.91 Å². The van der Waals surface area contributed by atoms with E-state index in [9.17, 15) is 4.79 Å². The molecule has 0 aliphatic heterocycles. The Balaban J connectivity index is 1.70. The first-order valence-corrected chi connectivity index (χ1v) is 9.38. The Morgan fingerprint density at radius 2 is 1.22 bits per heavy atom. The molecule has 0 spiro atoms. The first kappa shape index (κ1) is 18.9. The highest BCUT2D eigenvalue weighted by Crippen LogP contribution is 2.11. The van der Waals surface area contributed by atoms with E-state index in [1.165, 1.54) is 5.56 Å². The van der Waals surface area contributed by atoms with Gasteiger partial charge in [-0.1, -0.05) is 91.0 Å². The van der Waals surface area contributed by atoms with Crippen molar-refractivity contribution in [1.82, 2.24) is 4.90 Å². The van der Waals surface area contributed by atoms with Crippen LogP contribution in [0.2, 0.25) is 0 Å². The standard InChI is InChI=1S/C24H26N2O/c25-23(18-21-12-6-2-7-13-21)24(27)26(19-22-14-8-3-9-15-22)17-16-20-10-4-1-5-11-20/h1-15,23H,16-19,25H2.